The average molecular weight is 214 g/mol. The molecule has 2 heteroatoms. The molecule has 82 valence electrons. The Morgan fingerprint density at radius 3 is 2.31 bits per heavy atom. The summed E-state index contributed by atoms with van der Waals surface area (Å²) in [7, 11) is 0. The second kappa shape index (κ2) is 5.45. The van der Waals surface area contributed by atoms with E-state index in [-0.39, 0.29) is 0 Å². The van der Waals surface area contributed by atoms with Gasteiger partial charge in [0.2, 0.25) is 0 Å². The maximum atomic E-state index is 8.39. The molecule has 0 aliphatic heterocycles. The quantitative estimate of drug-likeness (QED) is 0.624. The van der Waals surface area contributed by atoms with Crippen molar-refractivity contribution in [3.05, 3.63) is 60.2 Å². The van der Waals surface area contributed by atoms with Crippen LogP contribution in [-0.2, 0) is 11.3 Å². The van der Waals surface area contributed by atoms with E-state index in [4.69, 9.17) is 5.26 Å². The van der Waals surface area contributed by atoms with Crippen LogP contribution in [-0.4, -0.2) is 11.9 Å². The molecule has 0 aliphatic rings. The van der Waals surface area contributed by atoms with Gasteiger partial charge in [-0.05, 0) is 23.1 Å². The summed E-state index contributed by atoms with van der Waals surface area (Å²) in [5.74, 6) is 0. The van der Waals surface area contributed by atoms with E-state index in [1.165, 1.54) is 16.7 Å². The van der Waals surface area contributed by atoms with E-state index in [1.54, 1.807) is 0 Å². The van der Waals surface area contributed by atoms with Crippen LogP contribution < -0.4 is 0 Å². The molecule has 0 atom stereocenters. The normalized spacial score (nSPS) is 10.3. The van der Waals surface area contributed by atoms with Gasteiger partial charge in [0.15, 0.2) is 0 Å². The molecule has 16 heavy (non-hydrogen) atoms. The van der Waals surface area contributed by atoms with Crippen LogP contribution in [0, 0.1) is 0 Å². The average Bonchev–Trinajstić information content (AvgIpc) is 2.38. The monoisotopic (exact) mass is 214 g/mol. The zero-order chi connectivity index (χ0) is 11.2. The van der Waals surface area contributed by atoms with Crippen LogP contribution >= 0.6 is 0 Å². The van der Waals surface area contributed by atoms with Gasteiger partial charge in [-0.15, -0.1) is 0 Å². The Bertz CT molecular complexity index is 437. The third kappa shape index (κ3) is 2.48. The van der Waals surface area contributed by atoms with Gasteiger partial charge in [-0.1, -0.05) is 54.6 Å². The minimum absolute atomic E-state index is 0.323. The first-order chi connectivity index (χ1) is 7.92. The van der Waals surface area contributed by atoms with Crippen LogP contribution in [0.15, 0.2) is 54.6 Å². The highest BCUT2D eigenvalue weighted by atomic mass is 17.1. The maximum absolute atomic E-state index is 8.39. The number of hydrogen-bond acceptors (Lipinski definition) is 2. The van der Waals surface area contributed by atoms with E-state index in [9.17, 15) is 0 Å². The second-order valence-corrected chi connectivity index (χ2v) is 3.61. The lowest BCUT2D eigenvalue weighted by molar-refractivity contribution is -0.241. The second-order valence-electron chi connectivity index (χ2n) is 3.61. The fraction of sp³-hybridized carbons (Fsp3) is 0.143. The number of hydrogen-bond donors (Lipinski definition) is 1. The largest absolute Gasteiger partial charge is 0.252 e. The summed E-state index contributed by atoms with van der Waals surface area (Å²) in [4.78, 5) is 4.14. The molecule has 0 bridgehead atoms. The summed E-state index contributed by atoms with van der Waals surface area (Å²) in [6.45, 7) is 0.323. The molecule has 2 rings (SSSR count). The lowest BCUT2D eigenvalue weighted by Gasteiger charge is -2.08. The molecular formula is C14H14O2. The first-order valence-corrected chi connectivity index (χ1v) is 5.31. The minimum Gasteiger partial charge on any atom is -0.252 e. The molecule has 1 N–H and O–H groups in total. The minimum atomic E-state index is 0.323. The molecule has 0 saturated carbocycles. The van der Waals surface area contributed by atoms with E-state index in [0.29, 0.717) is 13.0 Å². The van der Waals surface area contributed by atoms with Gasteiger partial charge >= 0.3 is 0 Å². The molecular weight excluding hydrogens is 200 g/mol. The highest BCUT2D eigenvalue weighted by Gasteiger charge is 2.03. The van der Waals surface area contributed by atoms with E-state index in [1.807, 2.05) is 30.3 Å². The summed E-state index contributed by atoms with van der Waals surface area (Å²) in [5.41, 5.74) is 3.57. The third-order valence-corrected chi connectivity index (χ3v) is 2.56. The summed E-state index contributed by atoms with van der Waals surface area (Å²) in [6.07, 6.45) is 0.710. The van der Waals surface area contributed by atoms with E-state index < -0.39 is 0 Å². The molecule has 0 fully saturated rings. The van der Waals surface area contributed by atoms with Gasteiger partial charge in [0.05, 0.1) is 6.61 Å². The predicted octanol–water partition coefficient (Wildman–Crippen LogP) is 3.39. The zero-order valence-corrected chi connectivity index (χ0v) is 8.97. The Balaban J connectivity index is 2.33. The van der Waals surface area contributed by atoms with Crippen molar-refractivity contribution in [2.75, 3.05) is 6.61 Å². The molecule has 0 amide bonds. The van der Waals surface area contributed by atoms with Gasteiger partial charge in [0.1, 0.15) is 0 Å². The SMILES string of the molecule is OOCCc1ccccc1-c1ccccc1. The van der Waals surface area contributed by atoms with Crippen LogP contribution in [0.4, 0.5) is 0 Å². The molecule has 2 aromatic carbocycles. The fourth-order valence-electron chi connectivity index (χ4n) is 1.79. The Morgan fingerprint density at radius 1 is 0.875 bits per heavy atom. The highest BCUT2D eigenvalue weighted by Crippen LogP contribution is 2.23. The Kier molecular flexibility index (Phi) is 3.70. The van der Waals surface area contributed by atoms with Crippen molar-refractivity contribution in [3.8, 4) is 11.1 Å². The third-order valence-electron chi connectivity index (χ3n) is 2.56. The lowest BCUT2D eigenvalue weighted by atomic mass is 9.98. The zero-order valence-electron chi connectivity index (χ0n) is 8.97. The van der Waals surface area contributed by atoms with E-state index in [0.717, 1.165) is 0 Å². The number of benzene rings is 2. The summed E-state index contributed by atoms with van der Waals surface area (Å²) in [6, 6.07) is 18.4. The van der Waals surface area contributed by atoms with Gasteiger partial charge in [0, 0.05) is 0 Å². The standard InChI is InChI=1S/C14H14O2/c15-16-11-10-13-8-4-5-9-14(13)12-6-2-1-3-7-12/h1-9,15H,10-11H2. The smallest absolute Gasteiger partial charge is 0.0860 e. The Hall–Kier alpha value is -1.64. The van der Waals surface area contributed by atoms with Gasteiger partial charge in [-0.2, -0.15) is 0 Å². The van der Waals surface area contributed by atoms with Crippen molar-refractivity contribution in [2.45, 2.75) is 6.42 Å². The molecule has 0 radical (unpaired) electrons. The van der Waals surface area contributed by atoms with Crippen LogP contribution in [0.2, 0.25) is 0 Å². The van der Waals surface area contributed by atoms with Crippen molar-refractivity contribution >= 4 is 0 Å². The lowest BCUT2D eigenvalue weighted by Crippen LogP contribution is -1.96. The summed E-state index contributed by atoms with van der Waals surface area (Å²) < 4.78 is 0. The van der Waals surface area contributed by atoms with Crippen LogP contribution in [0.3, 0.4) is 0 Å². The van der Waals surface area contributed by atoms with Crippen molar-refractivity contribution in [1.29, 1.82) is 0 Å². The molecule has 0 spiro atoms. The molecule has 2 aromatic rings. The molecule has 2 nitrogen and oxygen atoms in total. The molecule has 0 aliphatic carbocycles. The predicted molar refractivity (Wildman–Crippen MR) is 64.2 cm³/mol. The molecule has 0 heterocycles. The summed E-state index contributed by atoms with van der Waals surface area (Å²) >= 11 is 0. The topological polar surface area (TPSA) is 29.5 Å². The van der Waals surface area contributed by atoms with E-state index >= 15 is 0 Å². The maximum Gasteiger partial charge on any atom is 0.0860 e. The summed E-state index contributed by atoms with van der Waals surface area (Å²) in [5, 5.41) is 8.39. The molecule has 0 aromatic heterocycles. The van der Waals surface area contributed by atoms with E-state index in [2.05, 4.69) is 29.2 Å². The van der Waals surface area contributed by atoms with Gasteiger partial charge < -0.3 is 0 Å². The van der Waals surface area contributed by atoms with Gasteiger partial charge in [-0.3, -0.25) is 5.26 Å². The number of rotatable bonds is 4. The van der Waals surface area contributed by atoms with Crippen molar-refractivity contribution in [3.63, 3.8) is 0 Å². The van der Waals surface area contributed by atoms with Crippen LogP contribution in [0.5, 0.6) is 0 Å². The van der Waals surface area contributed by atoms with Crippen LogP contribution in [0.1, 0.15) is 5.56 Å². The highest BCUT2D eigenvalue weighted by molar-refractivity contribution is 5.67. The van der Waals surface area contributed by atoms with Gasteiger partial charge in [0.25, 0.3) is 0 Å². The molecule has 0 unspecified atom stereocenters. The van der Waals surface area contributed by atoms with Crippen molar-refractivity contribution in [2.24, 2.45) is 0 Å². The van der Waals surface area contributed by atoms with Crippen molar-refractivity contribution in [1.82, 2.24) is 0 Å². The van der Waals surface area contributed by atoms with Crippen LogP contribution in [0.25, 0.3) is 11.1 Å². The van der Waals surface area contributed by atoms with Crippen molar-refractivity contribution < 1.29 is 10.1 Å². The molecule has 0 saturated heterocycles. The Morgan fingerprint density at radius 2 is 1.56 bits per heavy atom. The fourth-order valence-corrected chi connectivity index (χ4v) is 1.79. The van der Waals surface area contributed by atoms with Gasteiger partial charge in [-0.25, -0.2) is 4.89 Å². The first-order valence-electron chi connectivity index (χ1n) is 5.31. The first kappa shape index (κ1) is 10.9. The Labute approximate surface area is 95.1 Å².